The summed E-state index contributed by atoms with van der Waals surface area (Å²) in [5, 5.41) is 8.01. The van der Waals surface area contributed by atoms with E-state index in [2.05, 4.69) is 0 Å². The van der Waals surface area contributed by atoms with E-state index in [9.17, 15) is 9.59 Å². The number of carboxylic acids is 1. The molecule has 0 amide bonds. The fourth-order valence-electron chi connectivity index (χ4n) is 0.694. The van der Waals surface area contributed by atoms with Gasteiger partial charge in [-0.25, -0.2) is 9.59 Å². The molecule has 0 aliphatic heterocycles. The summed E-state index contributed by atoms with van der Waals surface area (Å²) < 4.78 is 1.63. The minimum atomic E-state index is -1.61. The van der Waals surface area contributed by atoms with Gasteiger partial charge >= 0.3 is 30.8 Å². The molecule has 0 aromatic heterocycles. The fourth-order valence-corrected chi connectivity index (χ4v) is 1.07. The molecule has 0 fully saturated rings. The molecule has 5 nitrogen and oxygen atoms in total. The van der Waals surface area contributed by atoms with E-state index in [-0.39, 0.29) is 24.3 Å². The van der Waals surface area contributed by atoms with Gasteiger partial charge in [0.25, 0.3) is 0 Å². The summed E-state index contributed by atoms with van der Waals surface area (Å²) in [4.78, 5) is 20.7. The Kier molecular flexibility index (Phi) is 23.1. The van der Waals surface area contributed by atoms with Crippen LogP contribution in [-0.2, 0) is 14.3 Å². The van der Waals surface area contributed by atoms with Crippen molar-refractivity contribution in [3.63, 3.8) is 0 Å². The first-order valence-corrected chi connectivity index (χ1v) is 8.05. The third-order valence-electron chi connectivity index (χ3n) is 1.57. The summed E-state index contributed by atoms with van der Waals surface area (Å²) in [6.45, 7) is 2.41. The number of rotatable bonds is 5. The number of alkyl halides is 6. The Labute approximate surface area is 182 Å². The van der Waals surface area contributed by atoms with Crippen LogP contribution in [-0.4, -0.2) is 36.7 Å². The molecular formula is C12H15Cl6LiO5. The maximum atomic E-state index is 10.9. The predicted molar refractivity (Wildman–Crippen MR) is 94.3 cm³/mol. The number of aliphatic carboxylic acids is 1. The van der Waals surface area contributed by atoms with Gasteiger partial charge in [0.15, 0.2) is 0 Å². The maximum Gasteiger partial charge on any atom is 1.00 e. The van der Waals surface area contributed by atoms with Gasteiger partial charge in [0.05, 0.1) is 6.61 Å². The van der Waals surface area contributed by atoms with Crippen molar-refractivity contribution < 1.29 is 43.8 Å². The SMILES string of the molecule is CCCCOC(=O)/C=C\C(Cl)(Cl)Cl.O=C(O)/C=C\C(Cl)(Cl)Cl.[Li+].[OH-]. The summed E-state index contributed by atoms with van der Waals surface area (Å²) in [7, 11) is 0. The summed E-state index contributed by atoms with van der Waals surface area (Å²) in [6, 6.07) is 0. The minimum Gasteiger partial charge on any atom is -0.870 e. The van der Waals surface area contributed by atoms with Crippen LogP contribution in [0.5, 0.6) is 0 Å². The van der Waals surface area contributed by atoms with Gasteiger partial charge in [0.1, 0.15) is 0 Å². The van der Waals surface area contributed by atoms with E-state index >= 15 is 0 Å². The second-order valence-corrected chi connectivity index (χ2v) is 8.35. The van der Waals surface area contributed by atoms with Crippen LogP contribution in [0, 0.1) is 0 Å². The summed E-state index contributed by atoms with van der Waals surface area (Å²) in [5.41, 5.74) is 0. The van der Waals surface area contributed by atoms with Crippen molar-refractivity contribution in [2.24, 2.45) is 0 Å². The number of unbranched alkanes of at least 4 members (excludes halogenated alkanes) is 1. The summed E-state index contributed by atoms with van der Waals surface area (Å²) in [5.74, 6) is -1.62. The molecule has 2 N–H and O–H groups in total. The third kappa shape index (κ3) is 34.1. The normalized spacial score (nSPS) is 11.1. The molecule has 0 aliphatic rings. The number of allylic oxidation sites excluding steroid dienone is 2. The zero-order valence-corrected chi connectivity index (χ0v) is 17.4. The van der Waals surface area contributed by atoms with Crippen molar-refractivity contribution in [2.75, 3.05) is 6.61 Å². The molecule has 0 aliphatic carbocycles. The van der Waals surface area contributed by atoms with Crippen LogP contribution >= 0.6 is 69.6 Å². The van der Waals surface area contributed by atoms with Crippen LogP contribution in [0.2, 0.25) is 0 Å². The average Bonchev–Trinajstić information content (AvgIpc) is 2.33. The number of esters is 1. The van der Waals surface area contributed by atoms with E-state index in [0.29, 0.717) is 6.61 Å². The number of hydrogen-bond donors (Lipinski definition) is 1. The Morgan fingerprint density at radius 1 is 1.00 bits per heavy atom. The van der Waals surface area contributed by atoms with Crippen molar-refractivity contribution >= 4 is 81.5 Å². The first-order chi connectivity index (χ1) is 9.87. The molecule has 0 rings (SSSR count). The second-order valence-electron chi connectivity index (χ2n) is 3.61. The number of carboxylic acid groups (broad SMARTS) is 1. The molecule has 0 radical (unpaired) electrons. The minimum absolute atomic E-state index is 0. The first kappa shape index (κ1) is 32.4. The van der Waals surface area contributed by atoms with Crippen LogP contribution in [0.4, 0.5) is 0 Å². The Morgan fingerprint density at radius 2 is 1.42 bits per heavy atom. The first-order valence-electron chi connectivity index (χ1n) is 5.79. The molecule has 0 aromatic rings. The molecule has 12 heteroatoms. The molecule has 0 unspecified atom stereocenters. The van der Waals surface area contributed by atoms with Gasteiger partial charge in [-0.1, -0.05) is 83.0 Å². The molecule has 0 spiro atoms. The standard InChI is InChI=1S/C8H11Cl3O2.C4H3Cl3O2.Li.H2O/c1-2-3-6-13-7(12)4-5-8(9,10)11;5-4(6,7)2-1-3(8)9;;/h4-5H,2-3,6H2,1H3;1-2H,(H,8,9);;1H2/q;;+1;/p-1/b5-4-;2-1-;;. The van der Waals surface area contributed by atoms with Gasteiger partial charge in [-0.15, -0.1) is 0 Å². The van der Waals surface area contributed by atoms with Crippen LogP contribution in [0.15, 0.2) is 24.3 Å². The van der Waals surface area contributed by atoms with Crippen LogP contribution in [0.3, 0.4) is 0 Å². The number of hydrogen-bond acceptors (Lipinski definition) is 4. The Balaban J connectivity index is -0.000000162. The van der Waals surface area contributed by atoms with E-state index in [0.717, 1.165) is 37.1 Å². The van der Waals surface area contributed by atoms with E-state index in [1.54, 1.807) is 0 Å². The molecule has 0 heterocycles. The largest absolute Gasteiger partial charge is 1.00 e. The topological polar surface area (TPSA) is 93.6 Å². The van der Waals surface area contributed by atoms with E-state index in [1.165, 1.54) is 0 Å². The van der Waals surface area contributed by atoms with E-state index < -0.39 is 19.5 Å². The average molecular weight is 459 g/mol. The van der Waals surface area contributed by atoms with E-state index in [4.69, 9.17) is 79.4 Å². The number of carbonyl (C=O) groups excluding carboxylic acids is 1. The van der Waals surface area contributed by atoms with Crippen molar-refractivity contribution in [1.29, 1.82) is 0 Å². The third-order valence-corrected chi connectivity index (χ3v) is 2.32. The van der Waals surface area contributed by atoms with Gasteiger partial charge < -0.3 is 15.3 Å². The molecule has 0 saturated carbocycles. The molecule has 0 bridgehead atoms. The van der Waals surface area contributed by atoms with Crippen molar-refractivity contribution in [1.82, 2.24) is 0 Å². The quantitative estimate of drug-likeness (QED) is 0.224. The number of carbonyl (C=O) groups is 2. The second kappa shape index (κ2) is 17.1. The van der Waals surface area contributed by atoms with Crippen molar-refractivity contribution in [3.8, 4) is 0 Å². The van der Waals surface area contributed by atoms with Gasteiger partial charge in [0, 0.05) is 12.2 Å². The van der Waals surface area contributed by atoms with Crippen LogP contribution in [0.25, 0.3) is 0 Å². The zero-order chi connectivity index (χ0) is 17.8. The molecule has 24 heavy (non-hydrogen) atoms. The summed E-state index contributed by atoms with van der Waals surface area (Å²) >= 11 is 31.6. The Hall–Kier alpha value is 0.717. The molecule has 0 atom stereocenters. The van der Waals surface area contributed by atoms with Crippen molar-refractivity contribution in [2.45, 2.75) is 27.4 Å². The van der Waals surface area contributed by atoms with Crippen LogP contribution < -0.4 is 18.9 Å². The van der Waals surface area contributed by atoms with Gasteiger partial charge in [0.2, 0.25) is 7.59 Å². The monoisotopic (exact) mass is 456 g/mol. The van der Waals surface area contributed by atoms with Gasteiger partial charge in [-0.3, -0.25) is 0 Å². The molecular weight excluding hydrogens is 444 g/mol. The summed E-state index contributed by atoms with van der Waals surface area (Å²) in [6.07, 6.45) is 5.82. The Bertz CT molecular complexity index is 404. The number of halogens is 6. The zero-order valence-electron chi connectivity index (χ0n) is 12.8. The smallest absolute Gasteiger partial charge is 0.870 e. The van der Waals surface area contributed by atoms with Crippen LogP contribution in [0.1, 0.15) is 19.8 Å². The predicted octanol–water partition coefficient (Wildman–Crippen LogP) is 2.08. The van der Waals surface area contributed by atoms with Gasteiger partial charge in [-0.05, 0) is 18.6 Å². The number of ether oxygens (including phenoxy) is 1. The molecule has 0 saturated heterocycles. The van der Waals surface area contributed by atoms with Crippen molar-refractivity contribution in [3.05, 3.63) is 24.3 Å². The fraction of sp³-hybridized carbons (Fsp3) is 0.500. The van der Waals surface area contributed by atoms with E-state index in [1.807, 2.05) is 6.92 Å². The van der Waals surface area contributed by atoms with Gasteiger partial charge in [-0.2, -0.15) is 0 Å². The molecule has 0 aromatic carbocycles. The molecule has 136 valence electrons. The maximum absolute atomic E-state index is 10.9. The Morgan fingerprint density at radius 3 is 1.71 bits per heavy atom.